The average Bonchev–Trinajstić information content (AvgIpc) is 2.75. The summed E-state index contributed by atoms with van der Waals surface area (Å²) in [4.78, 5) is 16.3. The van der Waals surface area contributed by atoms with Crippen molar-refractivity contribution in [3.63, 3.8) is 0 Å². The molecule has 1 atom stereocenters. The quantitative estimate of drug-likeness (QED) is 0.567. The number of aliphatic hydroxyl groups is 1. The van der Waals surface area contributed by atoms with Crippen LogP contribution in [0.5, 0.6) is 17.4 Å². The van der Waals surface area contributed by atoms with E-state index in [2.05, 4.69) is 15.2 Å². The second kappa shape index (κ2) is 9.43. The number of nitrogens with zero attached hydrogens (tertiary/aromatic N) is 5. The molecule has 1 aromatic carbocycles. The molecule has 0 spiro atoms. The molecule has 0 aliphatic heterocycles. The van der Waals surface area contributed by atoms with E-state index in [-0.39, 0.29) is 40.0 Å². The Kier molecular flexibility index (Phi) is 6.85. The van der Waals surface area contributed by atoms with Gasteiger partial charge in [-0.25, -0.2) is 4.98 Å². The van der Waals surface area contributed by atoms with Gasteiger partial charge in [0.1, 0.15) is 5.75 Å². The Morgan fingerprint density at radius 2 is 2.00 bits per heavy atom. The average molecular weight is 482 g/mol. The molecule has 0 bridgehead atoms. The molecular formula is C20H15ClF3N5O4. The summed E-state index contributed by atoms with van der Waals surface area (Å²) >= 11 is 5.87. The molecule has 172 valence electrons. The van der Waals surface area contributed by atoms with E-state index in [9.17, 15) is 23.1 Å². The summed E-state index contributed by atoms with van der Waals surface area (Å²) in [7, 11) is 1.33. The summed E-state index contributed by atoms with van der Waals surface area (Å²) < 4.78 is 51.6. The topological polar surface area (TPSA) is 123 Å². The van der Waals surface area contributed by atoms with Gasteiger partial charge in [0.05, 0.1) is 43.4 Å². The number of aliphatic hydroxyl groups excluding tert-OH is 1. The van der Waals surface area contributed by atoms with Crippen molar-refractivity contribution in [2.45, 2.75) is 25.7 Å². The zero-order valence-corrected chi connectivity index (χ0v) is 17.8. The first-order valence-electron chi connectivity index (χ1n) is 9.17. The first kappa shape index (κ1) is 24.0. The molecule has 0 aliphatic carbocycles. The number of aromatic nitrogens is 4. The van der Waals surface area contributed by atoms with Crippen LogP contribution in [-0.2, 0) is 12.7 Å². The van der Waals surface area contributed by atoms with Crippen molar-refractivity contribution in [2.24, 2.45) is 0 Å². The van der Waals surface area contributed by atoms with Crippen LogP contribution in [0.2, 0.25) is 5.02 Å². The number of hydrogen-bond donors (Lipinski definition) is 1. The van der Waals surface area contributed by atoms with Crippen LogP contribution in [-0.4, -0.2) is 32.0 Å². The standard InChI is InChI=1S/C20H15ClF3N5O4/c1-10(30)15-6-13(27-28-18(15)32-2)8-29-9-26-17(20(22,23)24)16(19(29)31)33-14-4-11(7-25)3-12(21)5-14/h3-6,9-10,30H,8H2,1-2H3. The summed E-state index contributed by atoms with van der Waals surface area (Å²) in [6.45, 7) is 1.14. The molecule has 3 rings (SSSR count). The van der Waals surface area contributed by atoms with Gasteiger partial charge >= 0.3 is 6.18 Å². The lowest BCUT2D eigenvalue weighted by Gasteiger charge is -2.15. The van der Waals surface area contributed by atoms with E-state index in [0.717, 1.165) is 16.7 Å². The van der Waals surface area contributed by atoms with Crippen molar-refractivity contribution in [1.82, 2.24) is 19.7 Å². The first-order chi connectivity index (χ1) is 15.5. The minimum atomic E-state index is -5.00. The SMILES string of the molecule is COc1nnc(Cn2cnc(C(F)(F)F)c(Oc3cc(Cl)cc(C#N)c3)c2=O)cc1C(C)O. The number of ether oxygens (including phenoxy) is 2. The highest BCUT2D eigenvalue weighted by atomic mass is 35.5. The number of alkyl halides is 3. The first-order valence-corrected chi connectivity index (χ1v) is 9.55. The van der Waals surface area contributed by atoms with Gasteiger partial charge < -0.3 is 14.6 Å². The second-order valence-corrected chi connectivity index (χ2v) is 7.16. The highest BCUT2D eigenvalue weighted by Gasteiger charge is 2.38. The minimum absolute atomic E-state index is 0.0226. The maximum Gasteiger partial charge on any atom is 0.437 e. The van der Waals surface area contributed by atoms with Crippen molar-refractivity contribution in [3.05, 3.63) is 68.5 Å². The van der Waals surface area contributed by atoms with Crippen LogP contribution >= 0.6 is 11.6 Å². The van der Waals surface area contributed by atoms with Gasteiger partial charge in [-0.2, -0.15) is 18.4 Å². The van der Waals surface area contributed by atoms with Gasteiger partial charge in [-0.05, 0) is 31.2 Å². The number of methoxy groups -OCH3 is 1. The third kappa shape index (κ3) is 5.39. The highest BCUT2D eigenvalue weighted by molar-refractivity contribution is 6.30. The molecule has 2 aromatic heterocycles. The maximum absolute atomic E-state index is 13.5. The van der Waals surface area contributed by atoms with Crippen molar-refractivity contribution < 1.29 is 27.8 Å². The van der Waals surface area contributed by atoms with Crippen LogP contribution in [0.25, 0.3) is 0 Å². The van der Waals surface area contributed by atoms with Crippen molar-refractivity contribution in [2.75, 3.05) is 7.11 Å². The molecule has 0 fully saturated rings. The molecule has 0 radical (unpaired) electrons. The predicted molar refractivity (Wildman–Crippen MR) is 108 cm³/mol. The van der Waals surface area contributed by atoms with Gasteiger partial charge in [0.15, 0.2) is 5.69 Å². The number of benzene rings is 1. The van der Waals surface area contributed by atoms with Crippen LogP contribution < -0.4 is 15.0 Å². The van der Waals surface area contributed by atoms with Crippen LogP contribution in [0.3, 0.4) is 0 Å². The smallest absolute Gasteiger partial charge is 0.437 e. The van der Waals surface area contributed by atoms with Gasteiger partial charge in [0.2, 0.25) is 11.6 Å². The number of halogens is 4. The summed E-state index contributed by atoms with van der Waals surface area (Å²) in [5.41, 5.74) is -2.26. The van der Waals surface area contributed by atoms with E-state index in [1.807, 2.05) is 0 Å². The van der Waals surface area contributed by atoms with E-state index in [0.29, 0.717) is 6.33 Å². The summed E-state index contributed by atoms with van der Waals surface area (Å²) in [6, 6.07) is 6.76. The predicted octanol–water partition coefficient (Wildman–Crippen LogP) is 3.48. The Balaban J connectivity index is 2.08. The van der Waals surface area contributed by atoms with Crippen molar-refractivity contribution >= 4 is 11.6 Å². The van der Waals surface area contributed by atoms with E-state index in [1.54, 1.807) is 6.07 Å². The Bertz CT molecular complexity index is 1290. The lowest BCUT2D eigenvalue weighted by Crippen LogP contribution is -2.27. The van der Waals surface area contributed by atoms with Gasteiger partial charge in [0, 0.05) is 10.6 Å². The minimum Gasteiger partial charge on any atom is -0.480 e. The van der Waals surface area contributed by atoms with Gasteiger partial charge in [0.25, 0.3) is 5.56 Å². The zero-order chi connectivity index (χ0) is 24.3. The molecule has 9 nitrogen and oxygen atoms in total. The fourth-order valence-electron chi connectivity index (χ4n) is 2.83. The van der Waals surface area contributed by atoms with Crippen LogP contribution in [0.1, 0.15) is 35.5 Å². The maximum atomic E-state index is 13.5. The van der Waals surface area contributed by atoms with Crippen LogP contribution in [0.4, 0.5) is 13.2 Å². The summed E-state index contributed by atoms with van der Waals surface area (Å²) in [5, 5.41) is 26.6. The fourth-order valence-corrected chi connectivity index (χ4v) is 3.05. The third-order valence-corrected chi connectivity index (χ3v) is 4.52. The monoisotopic (exact) mass is 481 g/mol. The molecule has 1 unspecified atom stereocenters. The Labute approximate surface area is 189 Å². The summed E-state index contributed by atoms with van der Waals surface area (Å²) in [5.74, 6) is -1.29. The molecule has 0 saturated heterocycles. The van der Waals surface area contributed by atoms with E-state index in [4.69, 9.17) is 26.3 Å². The normalized spacial score (nSPS) is 12.2. The molecule has 33 heavy (non-hydrogen) atoms. The van der Waals surface area contributed by atoms with Gasteiger partial charge in [-0.1, -0.05) is 11.6 Å². The lowest BCUT2D eigenvalue weighted by atomic mass is 10.1. The Morgan fingerprint density at radius 3 is 2.61 bits per heavy atom. The van der Waals surface area contributed by atoms with Crippen LogP contribution in [0, 0.1) is 11.3 Å². The number of rotatable bonds is 6. The molecule has 3 aromatic rings. The molecule has 13 heteroatoms. The van der Waals surface area contributed by atoms with Gasteiger partial charge in [-0.3, -0.25) is 9.36 Å². The van der Waals surface area contributed by atoms with Crippen molar-refractivity contribution in [1.29, 1.82) is 5.26 Å². The van der Waals surface area contributed by atoms with E-state index in [1.165, 1.54) is 26.2 Å². The molecule has 0 aliphatic rings. The van der Waals surface area contributed by atoms with Crippen LogP contribution in [0.15, 0.2) is 35.4 Å². The third-order valence-electron chi connectivity index (χ3n) is 4.30. The lowest BCUT2D eigenvalue weighted by molar-refractivity contribution is -0.142. The van der Waals surface area contributed by atoms with Crippen molar-refractivity contribution in [3.8, 4) is 23.4 Å². The molecular weight excluding hydrogens is 467 g/mol. The Hall–Kier alpha value is -3.69. The van der Waals surface area contributed by atoms with E-state index >= 15 is 0 Å². The number of hydrogen-bond acceptors (Lipinski definition) is 8. The zero-order valence-electron chi connectivity index (χ0n) is 17.1. The van der Waals surface area contributed by atoms with Gasteiger partial charge in [-0.15, -0.1) is 10.2 Å². The summed E-state index contributed by atoms with van der Waals surface area (Å²) in [6.07, 6.45) is -5.28. The largest absolute Gasteiger partial charge is 0.480 e. The van der Waals surface area contributed by atoms with E-state index < -0.39 is 29.3 Å². The number of nitriles is 1. The Morgan fingerprint density at radius 1 is 1.27 bits per heavy atom. The molecule has 0 saturated carbocycles. The fraction of sp³-hybridized carbons (Fsp3) is 0.250. The second-order valence-electron chi connectivity index (χ2n) is 6.72. The molecule has 1 N–H and O–H groups in total. The highest BCUT2D eigenvalue weighted by Crippen LogP contribution is 2.35. The molecule has 2 heterocycles. The molecule has 0 amide bonds.